The Labute approximate surface area is 92.1 Å². The Morgan fingerprint density at radius 1 is 1.50 bits per heavy atom. The Bertz CT molecular complexity index is 445. The molecule has 6 heteroatoms. The van der Waals surface area contributed by atoms with E-state index < -0.39 is 10.0 Å². The van der Waals surface area contributed by atoms with Crippen molar-refractivity contribution in [3.05, 3.63) is 22.3 Å². The molecule has 0 atom stereocenters. The van der Waals surface area contributed by atoms with Crippen LogP contribution in [0.3, 0.4) is 0 Å². The number of aryl methyl sites for hydroxylation is 1. The molecule has 1 heterocycles. The summed E-state index contributed by atoms with van der Waals surface area (Å²) in [6.07, 6.45) is 2.73. The zero-order valence-corrected chi connectivity index (χ0v) is 10.6. The van der Waals surface area contributed by atoms with Crippen LogP contribution in [-0.4, -0.2) is 26.7 Å². The van der Waals surface area contributed by atoms with Crippen LogP contribution in [0.15, 0.2) is 16.7 Å². The maximum absolute atomic E-state index is 11.2. The summed E-state index contributed by atoms with van der Waals surface area (Å²) in [6.45, 7) is 1.88. The molecule has 0 radical (unpaired) electrons. The van der Waals surface area contributed by atoms with Crippen molar-refractivity contribution in [3.8, 4) is 0 Å². The third-order valence-corrected chi connectivity index (χ3v) is 3.86. The number of nitrogens with zero attached hydrogens (tertiary/aromatic N) is 2. The molecule has 0 aliphatic rings. The van der Waals surface area contributed by atoms with E-state index in [1.807, 2.05) is 6.92 Å². The fourth-order valence-electron chi connectivity index (χ4n) is 0.867. The van der Waals surface area contributed by atoms with Gasteiger partial charge in [0.25, 0.3) is 0 Å². The Morgan fingerprint density at radius 2 is 2.07 bits per heavy atom. The van der Waals surface area contributed by atoms with Gasteiger partial charge in [0.15, 0.2) is 0 Å². The molecule has 0 saturated heterocycles. The van der Waals surface area contributed by atoms with Gasteiger partial charge in [0.05, 0.1) is 6.26 Å². The van der Waals surface area contributed by atoms with Crippen LogP contribution < -0.4 is 4.31 Å². The van der Waals surface area contributed by atoms with Crippen LogP contribution in [-0.2, 0) is 10.0 Å². The van der Waals surface area contributed by atoms with Gasteiger partial charge >= 0.3 is 0 Å². The maximum Gasteiger partial charge on any atom is 0.233 e. The van der Waals surface area contributed by atoms with Crippen LogP contribution in [0.25, 0.3) is 0 Å². The van der Waals surface area contributed by atoms with Crippen LogP contribution >= 0.6 is 15.9 Å². The Kier molecular flexibility index (Phi) is 3.16. The van der Waals surface area contributed by atoms with Gasteiger partial charge < -0.3 is 0 Å². The highest BCUT2D eigenvalue weighted by Crippen LogP contribution is 2.20. The van der Waals surface area contributed by atoms with E-state index in [1.165, 1.54) is 7.05 Å². The molecular formula is C8H11BrN2O2S. The number of aromatic nitrogens is 1. The Hall–Kier alpha value is -0.620. The Morgan fingerprint density at radius 3 is 2.50 bits per heavy atom. The highest BCUT2D eigenvalue weighted by molar-refractivity contribution is 9.10. The van der Waals surface area contributed by atoms with Crippen molar-refractivity contribution >= 4 is 31.8 Å². The second-order valence-corrected chi connectivity index (χ2v) is 5.89. The van der Waals surface area contributed by atoms with E-state index in [4.69, 9.17) is 0 Å². The maximum atomic E-state index is 11.2. The lowest BCUT2D eigenvalue weighted by molar-refractivity contribution is 0.600. The van der Waals surface area contributed by atoms with Crippen molar-refractivity contribution in [2.45, 2.75) is 6.92 Å². The average Bonchev–Trinajstić information content (AvgIpc) is 2.07. The molecule has 1 rings (SSSR count). The van der Waals surface area contributed by atoms with Gasteiger partial charge in [-0.25, -0.2) is 13.4 Å². The molecule has 1 aromatic rings. The molecule has 78 valence electrons. The van der Waals surface area contributed by atoms with Gasteiger partial charge in [0.2, 0.25) is 10.0 Å². The topological polar surface area (TPSA) is 50.3 Å². The molecule has 0 aliphatic heterocycles. The first-order chi connectivity index (χ1) is 6.32. The lowest BCUT2D eigenvalue weighted by Crippen LogP contribution is -2.25. The van der Waals surface area contributed by atoms with Gasteiger partial charge in [-0.15, -0.1) is 0 Å². The smallest absolute Gasteiger partial charge is 0.233 e. The molecule has 14 heavy (non-hydrogen) atoms. The highest BCUT2D eigenvalue weighted by Gasteiger charge is 2.13. The van der Waals surface area contributed by atoms with E-state index in [-0.39, 0.29) is 0 Å². The number of hydrogen-bond acceptors (Lipinski definition) is 3. The summed E-state index contributed by atoms with van der Waals surface area (Å²) in [5.74, 6) is 0.424. The van der Waals surface area contributed by atoms with Gasteiger partial charge in [0.1, 0.15) is 5.82 Å². The first-order valence-electron chi connectivity index (χ1n) is 3.88. The van der Waals surface area contributed by atoms with Gasteiger partial charge in [0, 0.05) is 17.7 Å². The molecule has 0 unspecified atom stereocenters. The third kappa shape index (κ3) is 2.45. The van der Waals surface area contributed by atoms with E-state index in [9.17, 15) is 8.42 Å². The van der Waals surface area contributed by atoms with Crippen molar-refractivity contribution < 1.29 is 8.42 Å². The molecular weight excluding hydrogens is 268 g/mol. The fourth-order valence-corrected chi connectivity index (χ4v) is 1.52. The van der Waals surface area contributed by atoms with Crippen molar-refractivity contribution in [1.29, 1.82) is 0 Å². The monoisotopic (exact) mass is 278 g/mol. The first kappa shape index (κ1) is 11.5. The van der Waals surface area contributed by atoms with E-state index in [0.717, 1.165) is 20.6 Å². The van der Waals surface area contributed by atoms with Crippen molar-refractivity contribution in [2.24, 2.45) is 0 Å². The number of hydrogen-bond donors (Lipinski definition) is 0. The van der Waals surface area contributed by atoms with Gasteiger partial charge in [-0.2, -0.15) is 0 Å². The van der Waals surface area contributed by atoms with Crippen LogP contribution in [0.2, 0.25) is 0 Å². The van der Waals surface area contributed by atoms with Gasteiger partial charge in [-0.3, -0.25) is 4.31 Å². The molecule has 0 N–H and O–H groups in total. The van der Waals surface area contributed by atoms with Crippen LogP contribution in [0.5, 0.6) is 0 Å². The van der Waals surface area contributed by atoms with Crippen LogP contribution in [0.1, 0.15) is 5.56 Å². The minimum Gasteiger partial charge on any atom is -0.257 e. The summed E-state index contributed by atoms with van der Waals surface area (Å²) in [7, 11) is -1.75. The summed E-state index contributed by atoms with van der Waals surface area (Å²) in [6, 6.07) is 1.71. The second-order valence-electron chi connectivity index (χ2n) is 3.02. The number of sulfonamides is 1. The average molecular weight is 279 g/mol. The molecule has 0 amide bonds. The summed E-state index contributed by atoms with van der Waals surface area (Å²) in [5, 5.41) is 0. The quantitative estimate of drug-likeness (QED) is 0.825. The zero-order chi connectivity index (χ0) is 10.9. The lowest BCUT2D eigenvalue weighted by atomic mass is 10.3. The lowest BCUT2D eigenvalue weighted by Gasteiger charge is -2.15. The summed E-state index contributed by atoms with van der Waals surface area (Å²) in [5.41, 5.74) is 0.950. The van der Waals surface area contributed by atoms with E-state index in [1.54, 1.807) is 12.3 Å². The van der Waals surface area contributed by atoms with E-state index in [0.29, 0.717) is 5.82 Å². The summed E-state index contributed by atoms with van der Waals surface area (Å²) < 4.78 is 24.4. The highest BCUT2D eigenvalue weighted by atomic mass is 79.9. The van der Waals surface area contributed by atoms with Crippen molar-refractivity contribution in [2.75, 3.05) is 17.6 Å². The van der Waals surface area contributed by atoms with E-state index in [2.05, 4.69) is 20.9 Å². The fraction of sp³-hybridized carbons (Fsp3) is 0.375. The third-order valence-electron chi connectivity index (χ3n) is 1.85. The van der Waals surface area contributed by atoms with Crippen molar-refractivity contribution in [3.63, 3.8) is 0 Å². The van der Waals surface area contributed by atoms with Crippen LogP contribution in [0, 0.1) is 6.92 Å². The van der Waals surface area contributed by atoms with Gasteiger partial charge in [-0.1, -0.05) is 0 Å². The molecule has 0 saturated carbocycles. The molecule has 0 bridgehead atoms. The normalized spacial score (nSPS) is 11.4. The number of anilines is 1. The minimum absolute atomic E-state index is 0.424. The predicted molar refractivity (Wildman–Crippen MR) is 59.9 cm³/mol. The largest absolute Gasteiger partial charge is 0.257 e. The SMILES string of the molecule is Cc1cc(N(C)S(C)(=O)=O)ncc1Br. The van der Waals surface area contributed by atoms with Gasteiger partial charge in [-0.05, 0) is 34.5 Å². The summed E-state index contributed by atoms with van der Waals surface area (Å²) >= 11 is 3.30. The molecule has 0 aromatic carbocycles. The first-order valence-corrected chi connectivity index (χ1v) is 6.52. The predicted octanol–water partition coefficient (Wildman–Crippen LogP) is 1.55. The number of rotatable bonds is 2. The summed E-state index contributed by atoms with van der Waals surface area (Å²) in [4.78, 5) is 4.01. The minimum atomic E-state index is -3.23. The molecule has 4 nitrogen and oxygen atoms in total. The molecule has 0 aliphatic carbocycles. The zero-order valence-electron chi connectivity index (χ0n) is 8.15. The molecule has 1 aromatic heterocycles. The van der Waals surface area contributed by atoms with Crippen molar-refractivity contribution in [1.82, 2.24) is 4.98 Å². The Balaban J connectivity index is 3.16. The number of halogens is 1. The van der Waals surface area contributed by atoms with E-state index >= 15 is 0 Å². The molecule has 0 spiro atoms. The second kappa shape index (κ2) is 3.86. The van der Waals surface area contributed by atoms with Crippen LogP contribution in [0.4, 0.5) is 5.82 Å². The molecule has 0 fully saturated rings. The number of pyridine rings is 1. The standard InChI is InChI=1S/C8H11BrN2O2S/c1-6-4-8(10-5-7(6)9)11(2)14(3,12)13/h4-5H,1-3H3.